The fraction of sp³-hybridized carbons (Fsp3) is 1.00. The molecule has 92 valence electrons. The van der Waals surface area contributed by atoms with Gasteiger partial charge in [0.1, 0.15) is 0 Å². The fourth-order valence-electron chi connectivity index (χ4n) is 1.61. The smallest absolute Gasteiger partial charge is 0.00898 e. The SMILES string of the molecule is CCC(C)CC(CC)NC(C)C(C)(C)C. The molecule has 0 heterocycles. The maximum Gasteiger partial charge on any atom is 0.00898 e. The third-order valence-electron chi connectivity index (χ3n) is 3.66. The quantitative estimate of drug-likeness (QED) is 0.696. The van der Waals surface area contributed by atoms with E-state index in [1.54, 1.807) is 0 Å². The fourth-order valence-corrected chi connectivity index (χ4v) is 1.61. The molecule has 1 heteroatoms. The standard InChI is InChI=1S/C14H31N/c1-8-11(3)10-13(9-2)15-12(4)14(5,6)7/h11-13,15H,8-10H2,1-7H3. The van der Waals surface area contributed by atoms with Crippen LogP contribution in [0.25, 0.3) is 0 Å². The van der Waals surface area contributed by atoms with Crippen molar-refractivity contribution in [3.8, 4) is 0 Å². The Balaban J connectivity index is 4.10. The zero-order valence-electron chi connectivity index (χ0n) is 11.9. The van der Waals surface area contributed by atoms with Gasteiger partial charge >= 0.3 is 0 Å². The lowest BCUT2D eigenvalue weighted by Crippen LogP contribution is -2.44. The average molecular weight is 213 g/mol. The average Bonchev–Trinajstić information content (AvgIpc) is 2.14. The van der Waals surface area contributed by atoms with Crippen LogP contribution in [0, 0.1) is 11.3 Å². The Hall–Kier alpha value is -0.0400. The lowest BCUT2D eigenvalue weighted by Gasteiger charge is -2.33. The van der Waals surface area contributed by atoms with Crippen molar-refractivity contribution in [2.45, 2.75) is 79.8 Å². The highest BCUT2D eigenvalue weighted by Gasteiger charge is 2.22. The molecule has 0 bridgehead atoms. The van der Waals surface area contributed by atoms with Crippen molar-refractivity contribution in [1.29, 1.82) is 0 Å². The normalized spacial score (nSPS) is 18.6. The summed E-state index contributed by atoms with van der Waals surface area (Å²) in [5.41, 5.74) is 0.364. The second-order valence-corrected chi connectivity index (χ2v) is 6.11. The highest BCUT2D eigenvalue weighted by atomic mass is 15.0. The lowest BCUT2D eigenvalue weighted by molar-refractivity contribution is 0.243. The van der Waals surface area contributed by atoms with Crippen LogP contribution in [-0.4, -0.2) is 12.1 Å². The van der Waals surface area contributed by atoms with Crippen LogP contribution < -0.4 is 5.32 Å². The molecule has 0 aromatic carbocycles. The van der Waals surface area contributed by atoms with E-state index in [9.17, 15) is 0 Å². The monoisotopic (exact) mass is 213 g/mol. The first kappa shape index (κ1) is 15.0. The summed E-state index contributed by atoms with van der Waals surface area (Å²) in [6.45, 7) is 16.1. The predicted octanol–water partition coefficient (Wildman–Crippen LogP) is 4.23. The van der Waals surface area contributed by atoms with Gasteiger partial charge in [0.05, 0.1) is 0 Å². The van der Waals surface area contributed by atoms with E-state index >= 15 is 0 Å². The number of nitrogens with one attached hydrogen (secondary N) is 1. The molecule has 3 atom stereocenters. The van der Waals surface area contributed by atoms with Crippen molar-refractivity contribution in [2.75, 3.05) is 0 Å². The van der Waals surface area contributed by atoms with Gasteiger partial charge in [-0.25, -0.2) is 0 Å². The zero-order chi connectivity index (χ0) is 12.1. The Morgan fingerprint density at radius 1 is 1.00 bits per heavy atom. The van der Waals surface area contributed by atoms with Crippen molar-refractivity contribution >= 4 is 0 Å². The summed E-state index contributed by atoms with van der Waals surface area (Å²) in [4.78, 5) is 0. The first-order valence-corrected chi connectivity index (χ1v) is 6.57. The van der Waals surface area contributed by atoms with E-state index in [-0.39, 0.29) is 0 Å². The largest absolute Gasteiger partial charge is 0.311 e. The van der Waals surface area contributed by atoms with Crippen molar-refractivity contribution in [3.63, 3.8) is 0 Å². The van der Waals surface area contributed by atoms with Gasteiger partial charge in [-0.1, -0.05) is 48.0 Å². The first-order valence-electron chi connectivity index (χ1n) is 6.57. The van der Waals surface area contributed by atoms with Gasteiger partial charge in [0.25, 0.3) is 0 Å². The Labute approximate surface area is 97.0 Å². The van der Waals surface area contributed by atoms with Gasteiger partial charge in [0.15, 0.2) is 0 Å². The molecule has 0 aliphatic rings. The minimum absolute atomic E-state index is 0.364. The summed E-state index contributed by atoms with van der Waals surface area (Å²) in [5.74, 6) is 0.842. The highest BCUT2D eigenvalue weighted by Crippen LogP contribution is 2.21. The summed E-state index contributed by atoms with van der Waals surface area (Å²) in [5, 5.41) is 3.77. The Bertz CT molecular complexity index is 157. The molecule has 0 amide bonds. The molecule has 15 heavy (non-hydrogen) atoms. The molecular formula is C14H31N. The molecule has 0 radical (unpaired) electrons. The van der Waals surface area contributed by atoms with E-state index < -0.39 is 0 Å². The van der Waals surface area contributed by atoms with E-state index in [4.69, 9.17) is 0 Å². The molecule has 0 fully saturated rings. The second kappa shape index (κ2) is 6.52. The van der Waals surface area contributed by atoms with Crippen molar-refractivity contribution in [3.05, 3.63) is 0 Å². The molecule has 3 unspecified atom stereocenters. The van der Waals surface area contributed by atoms with E-state index in [1.807, 2.05) is 0 Å². The minimum atomic E-state index is 0.364. The van der Waals surface area contributed by atoms with E-state index in [1.165, 1.54) is 19.3 Å². The van der Waals surface area contributed by atoms with Crippen LogP contribution >= 0.6 is 0 Å². The maximum absolute atomic E-state index is 3.77. The Morgan fingerprint density at radius 2 is 1.53 bits per heavy atom. The lowest BCUT2D eigenvalue weighted by atomic mass is 9.86. The zero-order valence-corrected chi connectivity index (χ0v) is 11.9. The van der Waals surface area contributed by atoms with Crippen LogP contribution in [0.5, 0.6) is 0 Å². The summed E-state index contributed by atoms with van der Waals surface area (Å²) < 4.78 is 0. The molecular weight excluding hydrogens is 182 g/mol. The Morgan fingerprint density at radius 3 is 1.87 bits per heavy atom. The Kier molecular flexibility index (Phi) is 6.51. The number of hydrogen-bond acceptors (Lipinski definition) is 1. The molecule has 0 saturated carbocycles. The predicted molar refractivity (Wildman–Crippen MR) is 70.2 cm³/mol. The van der Waals surface area contributed by atoms with Gasteiger partial charge in [-0.2, -0.15) is 0 Å². The second-order valence-electron chi connectivity index (χ2n) is 6.11. The minimum Gasteiger partial charge on any atom is -0.311 e. The van der Waals surface area contributed by atoms with E-state index in [0.29, 0.717) is 17.5 Å². The molecule has 0 rings (SSSR count). The van der Waals surface area contributed by atoms with Crippen LogP contribution in [0.2, 0.25) is 0 Å². The molecule has 0 aromatic heterocycles. The van der Waals surface area contributed by atoms with Crippen LogP contribution in [0.15, 0.2) is 0 Å². The molecule has 1 N–H and O–H groups in total. The van der Waals surface area contributed by atoms with Gasteiger partial charge in [-0.15, -0.1) is 0 Å². The van der Waals surface area contributed by atoms with E-state index in [0.717, 1.165) is 5.92 Å². The van der Waals surface area contributed by atoms with E-state index in [2.05, 4.69) is 53.8 Å². The topological polar surface area (TPSA) is 12.0 Å². The third kappa shape index (κ3) is 6.19. The van der Waals surface area contributed by atoms with Gasteiger partial charge in [-0.05, 0) is 31.1 Å². The number of hydrogen-bond donors (Lipinski definition) is 1. The molecule has 0 aliphatic carbocycles. The van der Waals surface area contributed by atoms with Gasteiger partial charge in [0.2, 0.25) is 0 Å². The summed E-state index contributed by atoms with van der Waals surface area (Å²) >= 11 is 0. The highest BCUT2D eigenvalue weighted by molar-refractivity contribution is 4.80. The summed E-state index contributed by atoms with van der Waals surface area (Å²) in [7, 11) is 0. The summed E-state index contributed by atoms with van der Waals surface area (Å²) in [6, 6.07) is 1.28. The number of rotatable bonds is 6. The maximum atomic E-state index is 3.77. The molecule has 0 aromatic rings. The van der Waals surface area contributed by atoms with Crippen molar-refractivity contribution in [1.82, 2.24) is 5.32 Å². The molecule has 0 spiro atoms. The summed E-state index contributed by atoms with van der Waals surface area (Å²) in [6.07, 6.45) is 3.85. The molecule has 1 nitrogen and oxygen atoms in total. The van der Waals surface area contributed by atoms with Gasteiger partial charge in [0, 0.05) is 12.1 Å². The van der Waals surface area contributed by atoms with Crippen LogP contribution in [0.4, 0.5) is 0 Å². The van der Waals surface area contributed by atoms with Crippen LogP contribution in [0.1, 0.15) is 67.7 Å². The van der Waals surface area contributed by atoms with Crippen molar-refractivity contribution < 1.29 is 0 Å². The van der Waals surface area contributed by atoms with Crippen LogP contribution in [-0.2, 0) is 0 Å². The molecule has 0 aliphatic heterocycles. The van der Waals surface area contributed by atoms with Gasteiger partial charge in [-0.3, -0.25) is 0 Å². The van der Waals surface area contributed by atoms with Crippen LogP contribution in [0.3, 0.4) is 0 Å². The van der Waals surface area contributed by atoms with Gasteiger partial charge < -0.3 is 5.32 Å². The third-order valence-corrected chi connectivity index (χ3v) is 3.66. The molecule has 0 saturated heterocycles. The van der Waals surface area contributed by atoms with Crippen molar-refractivity contribution in [2.24, 2.45) is 11.3 Å². The first-order chi connectivity index (χ1) is 6.81.